The van der Waals surface area contributed by atoms with Gasteiger partial charge in [-0.3, -0.25) is 4.79 Å². The van der Waals surface area contributed by atoms with Crippen molar-refractivity contribution in [1.82, 2.24) is 0 Å². The van der Waals surface area contributed by atoms with E-state index in [1.165, 1.54) is 6.07 Å². The van der Waals surface area contributed by atoms with Crippen molar-refractivity contribution < 1.29 is 9.18 Å². The molecule has 0 aromatic heterocycles. The van der Waals surface area contributed by atoms with E-state index in [0.29, 0.717) is 5.56 Å². The molecule has 1 nitrogen and oxygen atoms in total. The first-order valence-electron chi connectivity index (χ1n) is 5.13. The maximum absolute atomic E-state index is 13.1. The normalized spacial score (nSPS) is 10.3. The maximum Gasteiger partial charge on any atom is 0.150 e. The molecule has 0 aliphatic heterocycles. The van der Waals surface area contributed by atoms with E-state index in [-0.39, 0.29) is 5.02 Å². The van der Waals surface area contributed by atoms with Crippen LogP contribution in [0, 0.1) is 12.7 Å². The lowest BCUT2D eigenvalue weighted by molar-refractivity contribution is 0.112. The van der Waals surface area contributed by atoms with Crippen LogP contribution < -0.4 is 0 Å². The van der Waals surface area contributed by atoms with Crippen LogP contribution in [-0.4, -0.2) is 6.29 Å². The molecule has 0 spiro atoms. The van der Waals surface area contributed by atoms with Crippen molar-refractivity contribution in [2.24, 2.45) is 0 Å². The summed E-state index contributed by atoms with van der Waals surface area (Å²) < 4.78 is 13.1. The summed E-state index contributed by atoms with van der Waals surface area (Å²) >= 11 is 5.74. The number of rotatable bonds is 2. The van der Waals surface area contributed by atoms with Gasteiger partial charge in [-0.25, -0.2) is 4.39 Å². The molecule has 0 aliphatic rings. The van der Waals surface area contributed by atoms with E-state index in [0.717, 1.165) is 23.0 Å². The summed E-state index contributed by atoms with van der Waals surface area (Å²) in [5, 5.41) is 0.0985. The Hall–Kier alpha value is -1.67. The van der Waals surface area contributed by atoms with Gasteiger partial charge in [0.25, 0.3) is 0 Å². The molecule has 2 aromatic rings. The van der Waals surface area contributed by atoms with Crippen LogP contribution in [0.15, 0.2) is 36.4 Å². The molecule has 2 aromatic carbocycles. The lowest BCUT2D eigenvalue weighted by Crippen LogP contribution is -1.88. The van der Waals surface area contributed by atoms with Crippen LogP contribution in [0.2, 0.25) is 5.02 Å². The van der Waals surface area contributed by atoms with Gasteiger partial charge >= 0.3 is 0 Å². The smallest absolute Gasteiger partial charge is 0.150 e. The van der Waals surface area contributed by atoms with Gasteiger partial charge in [-0.2, -0.15) is 0 Å². The van der Waals surface area contributed by atoms with Crippen LogP contribution in [0.1, 0.15) is 15.9 Å². The van der Waals surface area contributed by atoms with Gasteiger partial charge in [0.15, 0.2) is 0 Å². The third kappa shape index (κ3) is 2.37. The zero-order valence-corrected chi connectivity index (χ0v) is 9.96. The van der Waals surface area contributed by atoms with Gasteiger partial charge in [-0.05, 0) is 41.8 Å². The van der Waals surface area contributed by atoms with Gasteiger partial charge in [-0.1, -0.05) is 29.8 Å². The summed E-state index contributed by atoms with van der Waals surface area (Å²) in [6, 6.07) is 9.95. The van der Waals surface area contributed by atoms with Crippen molar-refractivity contribution in [1.29, 1.82) is 0 Å². The molecule has 2 rings (SSSR count). The molecule has 0 bridgehead atoms. The van der Waals surface area contributed by atoms with E-state index < -0.39 is 5.82 Å². The Bertz CT molecular complexity index is 578. The highest BCUT2D eigenvalue weighted by atomic mass is 35.5. The van der Waals surface area contributed by atoms with Crippen molar-refractivity contribution in [3.63, 3.8) is 0 Å². The number of hydrogen-bond acceptors (Lipinski definition) is 1. The monoisotopic (exact) mass is 248 g/mol. The molecule has 86 valence electrons. The van der Waals surface area contributed by atoms with E-state index in [9.17, 15) is 9.18 Å². The number of aryl methyl sites for hydroxylation is 1. The minimum atomic E-state index is -0.433. The molecule has 0 fully saturated rings. The molecular formula is C14H10ClFO. The lowest BCUT2D eigenvalue weighted by Gasteiger charge is -2.07. The quantitative estimate of drug-likeness (QED) is 0.726. The Kier molecular flexibility index (Phi) is 3.25. The Morgan fingerprint density at radius 3 is 2.53 bits per heavy atom. The number of halogens is 2. The summed E-state index contributed by atoms with van der Waals surface area (Å²) in [6.07, 6.45) is 0.800. The van der Waals surface area contributed by atoms with Gasteiger partial charge in [-0.15, -0.1) is 0 Å². The fraction of sp³-hybridized carbons (Fsp3) is 0.0714. The van der Waals surface area contributed by atoms with Gasteiger partial charge in [0.1, 0.15) is 12.1 Å². The van der Waals surface area contributed by atoms with Crippen LogP contribution in [0.5, 0.6) is 0 Å². The average Bonchev–Trinajstić information content (AvgIpc) is 2.32. The van der Waals surface area contributed by atoms with Crippen molar-refractivity contribution in [3.8, 4) is 11.1 Å². The molecule has 0 atom stereocenters. The molecular weight excluding hydrogens is 239 g/mol. The van der Waals surface area contributed by atoms with Crippen molar-refractivity contribution in [3.05, 3.63) is 58.4 Å². The topological polar surface area (TPSA) is 17.1 Å². The average molecular weight is 249 g/mol. The van der Waals surface area contributed by atoms with Gasteiger partial charge < -0.3 is 0 Å². The molecule has 0 N–H and O–H groups in total. The van der Waals surface area contributed by atoms with Crippen LogP contribution in [0.3, 0.4) is 0 Å². The third-order valence-corrected chi connectivity index (χ3v) is 2.91. The van der Waals surface area contributed by atoms with Crippen LogP contribution >= 0.6 is 11.6 Å². The van der Waals surface area contributed by atoms with E-state index >= 15 is 0 Å². The van der Waals surface area contributed by atoms with Crippen LogP contribution in [0.4, 0.5) is 4.39 Å². The van der Waals surface area contributed by atoms with Crippen molar-refractivity contribution >= 4 is 17.9 Å². The third-order valence-electron chi connectivity index (χ3n) is 2.62. The summed E-state index contributed by atoms with van der Waals surface area (Å²) in [5.74, 6) is -0.433. The Labute approximate surface area is 104 Å². The lowest BCUT2D eigenvalue weighted by atomic mass is 9.99. The fourth-order valence-corrected chi connectivity index (χ4v) is 1.93. The van der Waals surface area contributed by atoms with Crippen LogP contribution in [-0.2, 0) is 0 Å². The zero-order valence-electron chi connectivity index (χ0n) is 9.21. The van der Waals surface area contributed by atoms with Crippen LogP contribution in [0.25, 0.3) is 11.1 Å². The largest absolute Gasteiger partial charge is 0.298 e. The molecule has 0 saturated heterocycles. The second-order valence-electron chi connectivity index (χ2n) is 3.82. The van der Waals surface area contributed by atoms with Crippen molar-refractivity contribution in [2.75, 3.05) is 0 Å². The predicted molar refractivity (Wildman–Crippen MR) is 67.0 cm³/mol. The fourth-order valence-electron chi connectivity index (χ4n) is 1.75. The van der Waals surface area contributed by atoms with E-state index in [4.69, 9.17) is 11.6 Å². The minimum absolute atomic E-state index is 0.0985. The summed E-state index contributed by atoms with van der Waals surface area (Å²) in [5.41, 5.74) is 3.36. The van der Waals surface area contributed by atoms with E-state index in [1.54, 1.807) is 24.3 Å². The minimum Gasteiger partial charge on any atom is -0.298 e. The Morgan fingerprint density at radius 2 is 1.94 bits per heavy atom. The van der Waals surface area contributed by atoms with E-state index in [1.807, 2.05) is 13.0 Å². The Balaban J connectivity index is 2.52. The second-order valence-corrected chi connectivity index (χ2v) is 4.23. The number of hydrogen-bond donors (Lipinski definition) is 0. The highest BCUT2D eigenvalue weighted by Crippen LogP contribution is 2.27. The molecule has 0 amide bonds. The van der Waals surface area contributed by atoms with Gasteiger partial charge in [0, 0.05) is 5.56 Å². The van der Waals surface area contributed by atoms with Gasteiger partial charge in [0.2, 0.25) is 0 Å². The van der Waals surface area contributed by atoms with Gasteiger partial charge in [0.05, 0.1) is 5.02 Å². The summed E-state index contributed by atoms with van der Waals surface area (Å²) in [6.45, 7) is 1.90. The molecule has 3 heteroatoms. The Morgan fingerprint density at radius 1 is 1.18 bits per heavy atom. The standard InChI is InChI=1S/C14H10ClFO/c1-9-6-10(8-17)2-4-12(9)11-3-5-14(16)13(15)7-11/h2-8H,1H3. The summed E-state index contributed by atoms with van der Waals surface area (Å²) in [7, 11) is 0. The maximum atomic E-state index is 13.1. The first-order chi connectivity index (χ1) is 8.11. The van der Waals surface area contributed by atoms with Crippen molar-refractivity contribution in [2.45, 2.75) is 6.92 Å². The first-order valence-corrected chi connectivity index (χ1v) is 5.51. The predicted octanol–water partition coefficient (Wildman–Crippen LogP) is 4.27. The zero-order chi connectivity index (χ0) is 12.4. The number of aldehydes is 1. The number of carbonyl (C=O) groups is 1. The molecule has 0 radical (unpaired) electrons. The molecule has 0 aliphatic carbocycles. The highest BCUT2D eigenvalue weighted by molar-refractivity contribution is 6.31. The molecule has 0 saturated carbocycles. The number of benzene rings is 2. The molecule has 0 heterocycles. The van der Waals surface area contributed by atoms with E-state index in [2.05, 4.69) is 0 Å². The second kappa shape index (κ2) is 4.68. The molecule has 0 unspecified atom stereocenters. The first kappa shape index (κ1) is 11.8. The summed E-state index contributed by atoms with van der Waals surface area (Å²) in [4.78, 5) is 10.6. The SMILES string of the molecule is Cc1cc(C=O)ccc1-c1ccc(F)c(Cl)c1. The number of carbonyl (C=O) groups excluding carboxylic acids is 1. The highest BCUT2D eigenvalue weighted by Gasteiger charge is 2.06. The molecule has 17 heavy (non-hydrogen) atoms.